The van der Waals surface area contributed by atoms with Crippen molar-refractivity contribution in [2.75, 3.05) is 6.54 Å². The van der Waals surface area contributed by atoms with Crippen LogP contribution in [0.4, 0.5) is 4.79 Å². The van der Waals surface area contributed by atoms with E-state index in [4.69, 9.17) is 5.11 Å². The number of nitrogens with one attached hydrogen (secondary N) is 2. The number of aromatic nitrogens is 3. The molecule has 0 aromatic carbocycles. The number of amides is 2. The van der Waals surface area contributed by atoms with E-state index in [9.17, 15) is 9.59 Å². The second kappa shape index (κ2) is 4.63. The van der Waals surface area contributed by atoms with Crippen molar-refractivity contribution in [3.8, 4) is 0 Å². The molecule has 0 aliphatic heterocycles. The van der Waals surface area contributed by atoms with Gasteiger partial charge in [-0.05, 0) is 12.8 Å². The number of urea groups is 1. The highest BCUT2D eigenvalue weighted by Gasteiger charge is 2.50. The van der Waals surface area contributed by atoms with Gasteiger partial charge in [-0.25, -0.2) is 9.78 Å². The zero-order chi connectivity index (χ0) is 13.2. The van der Waals surface area contributed by atoms with Crippen LogP contribution in [0.5, 0.6) is 0 Å². The Hall–Kier alpha value is -2.12. The Bertz CT molecular complexity index is 466. The third-order valence-corrected chi connectivity index (χ3v) is 2.95. The van der Waals surface area contributed by atoms with Gasteiger partial charge in [-0.3, -0.25) is 9.48 Å². The van der Waals surface area contributed by atoms with E-state index >= 15 is 0 Å². The fraction of sp³-hybridized carbons (Fsp3) is 0.600. The lowest BCUT2D eigenvalue weighted by Crippen LogP contribution is -2.40. The summed E-state index contributed by atoms with van der Waals surface area (Å²) in [6.45, 7) is 0.372. The molecule has 0 saturated heterocycles. The van der Waals surface area contributed by atoms with Crippen molar-refractivity contribution in [2.24, 2.45) is 12.5 Å². The number of carbonyl (C=O) groups is 2. The lowest BCUT2D eigenvalue weighted by atomic mass is 10.1. The highest BCUT2D eigenvalue weighted by molar-refractivity contribution is 5.80. The van der Waals surface area contributed by atoms with Gasteiger partial charge in [0.2, 0.25) is 0 Å². The summed E-state index contributed by atoms with van der Waals surface area (Å²) in [6.07, 6.45) is 2.77. The van der Waals surface area contributed by atoms with Gasteiger partial charge in [0.1, 0.15) is 6.33 Å². The minimum absolute atomic E-state index is 0.157. The first-order valence-electron chi connectivity index (χ1n) is 5.61. The topological polar surface area (TPSA) is 109 Å². The first-order valence-corrected chi connectivity index (χ1v) is 5.61. The lowest BCUT2D eigenvalue weighted by molar-refractivity contribution is -0.143. The number of carboxylic acid groups (broad SMARTS) is 1. The third kappa shape index (κ3) is 2.76. The van der Waals surface area contributed by atoms with Crippen LogP contribution < -0.4 is 10.6 Å². The van der Waals surface area contributed by atoms with Gasteiger partial charge in [-0.15, -0.1) is 0 Å². The Morgan fingerprint density at radius 1 is 1.50 bits per heavy atom. The number of aliphatic carboxylic acids is 1. The van der Waals surface area contributed by atoms with Crippen LogP contribution >= 0.6 is 0 Å². The Balaban J connectivity index is 1.71. The Morgan fingerprint density at radius 2 is 2.22 bits per heavy atom. The summed E-state index contributed by atoms with van der Waals surface area (Å²) in [5, 5.41) is 18.1. The van der Waals surface area contributed by atoms with E-state index in [-0.39, 0.29) is 13.1 Å². The van der Waals surface area contributed by atoms with Crippen molar-refractivity contribution in [3.05, 3.63) is 12.2 Å². The van der Waals surface area contributed by atoms with Crippen LogP contribution in [0.15, 0.2) is 6.33 Å². The van der Waals surface area contributed by atoms with Crippen LogP contribution in [0, 0.1) is 5.41 Å². The zero-order valence-electron chi connectivity index (χ0n) is 10.0. The SMILES string of the molecule is Cn1cnc(CNC(=O)NCC2(C(=O)O)CC2)n1. The fourth-order valence-corrected chi connectivity index (χ4v) is 1.55. The number of rotatable bonds is 5. The molecule has 1 aliphatic carbocycles. The first kappa shape index (κ1) is 12.3. The molecular weight excluding hydrogens is 238 g/mol. The number of carbonyl (C=O) groups excluding carboxylic acids is 1. The first-order chi connectivity index (χ1) is 8.52. The average Bonchev–Trinajstić information content (AvgIpc) is 3.02. The van der Waals surface area contributed by atoms with Crippen molar-refractivity contribution in [1.29, 1.82) is 0 Å². The van der Waals surface area contributed by atoms with Crippen molar-refractivity contribution in [1.82, 2.24) is 25.4 Å². The number of hydrogen-bond donors (Lipinski definition) is 3. The molecule has 18 heavy (non-hydrogen) atoms. The van der Waals surface area contributed by atoms with Gasteiger partial charge in [-0.1, -0.05) is 0 Å². The minimum atomic E-state index is -0.853. The van der Waals surface area contributed by atoms with Gasteiger partial charge in [0.25, 0.3) is 0 Å². The molecule has 0 atom stereocenters. The van der Waals surface area contributed by atoms with E-state index in [1.54, 1.807) is 18.1 Å². The molecule has 0 spiro atoms. The molecular formula is C10H15N5O3. The summed E-state index contributed by atoms with van der Waals surface area (Å²) in [7, 11) is 1.74. The van der Waals surface area contributed by atoms with Crippen LogP contribution in [0.2, 0.25) is 0 Å². The van der Waals surface area contributed by atoms with Crippen molar-refractivity contribution >= 4 is 12.0 Å². The van der Waals surface area contributed by atoms with Crippen molar-refractivity contribution < 1.29 is 14.7 Å². The summed E-state index contributed by atoms with van der Waals surface area (Å²) >= 11 is 0. The Kier molecular flexibility index (Phi) is 3.17. The molecule has 3 N–H and O–H groups in total. The van der Waals surface area contributed by atoms with E-state index in [0.29, 0.717) is 18.7 Å². The fourth-order valence-electron chi connectivity index (χ4n) is 1.55. The van der Waals surface area contributed by atoms with E-state index in [2.05, 4.69) is 20.7 Å². The standard InChI is InChI=1S/C10H15N5O3/c1-15-6-13-7(14-15)4-11-9(18)12-5-10(2-3-10)8(16)17/h6H,2-5H2,1H3,(H,16,17)(H2,11,12,18). The molecule has 1 fully saturated rings. The molecule has 8 heteroatoms. The summed E-state index contributed by atoms with van der Waals surface area (Å²) < 4.78 is 1.54. The van der Waals surface area contributed by atoms with Crippen molar-refractivity contribution in [2.45, 2.75) is 19.4 Å². The molecule has 1 aromatic heterocycles. The second-order valence-corrected chi connectivity index (χ2v) is 4.46. The normalized spacial score (nSPS) is 16.1. The molecule has 1 heterocycles. The molecule has 0 unspecified atom stereocenters. The van der Waals surface area contributed by atoms with Gasteiger partial charge in [0, 0.05) is 13.6 Å². The predicted molar refractivity (Wildman–Crippen MR) is 60.5 cm³/mol. The predicted octanol–water partition coefficient (Wildman–Crippen LogP) is -0.521. The molecule has 0 bridgehead atoms. The molecule has 0 radical (unpaired) electrons. The maximum absolute atomic E-state index is 11.4. The van der Waals surface area contributed by atoms with Gasteiger partial charge < -0.3 is 15.7 Å². The smallest absolute Gasteiger partial charge is 0.315 e. The van der Waals surface area contributed by atoms with Crippen LogP contribution in [0.1, 0.15) is 18.7 Å². The lowest BCUT2D eigenvalue weighted by Gasteiger charge is -2.11. The van der Waals surface area contributed by atoms with Gasteiger partial charge in [0.05, 0.1) is 12.0 Å². The molecule has 1 aromatic rings. The van der Waals surface area contributed by atoms with E-state index in [1.165, 1.54) is 0 Å². The molecule has 98 valence electrons. The van der Waals surface area contributed by atoms with Gasteiger partial charge >= 0.3 is 12.0 Å². The van der Waals surface area contributed by atoms with Crippen LogP contribution in [-0.2, 0) is 18.4 Å². The summed E-state index contributed by atoms with van der Waals surface area (Å²) in [4.78, 5) is 26.3. The zero-order valence-corrected chi connectivity index (χ0v) is 10.0. The molecule has 8 nitrogen and oxygen atoms in total. The van der Waals surface area contributed by atoms with Crippen molar-refractivity contribution in [3.63, 3.8) is 0 Å². The summed E-state index contributed by atoms with van der Waals surface area (Å²) in [5.41, 5.74) is -0.749. The van der Waals surface area contributed by atoms with Crippen LogP contribution in [0.25, 0.3) is 0 Å². The monoisotopic (exact) mass is 253 g/mol. The minimum Gasteiger partial charge on any atom is -0.481 e. The van der Waals surface area contributed by atoms with Crippen LogP contribution in [-0.4, -0.2) is 38.4 Å². The van der Waals surface area contributed by atoms with E-state index in [0.717, 1.165) is 0 Å². The van der Waals surface area contributed by atoms with Crippen LogP contribution in [0.3, 0.4) is 0 Å². The van der Waals surface area contributed by atoms with Gasteiger partial charge in [0.15, 0.2) is 5.82 Å². The Labute approximate surface area is 103 Å². The summed E-state index contributed by atoms with van der Waals surface area (Å²) in [5.74, 6) is -0.346. The highest BCUT2D eigenvalue weighted by Crippen LogP contribution is 2.45. The third-order valence-electron chi connectivity index (χ3n) is 2.95. The number of hydrogen-bond acceptors (Lipinski definition) is 4. The number of nitrogens with zero attached hydrogens (tertiary/aromatic N) is 3. The number of aryl methyl sites for hydroxylation is 1. The molecule has 2 amide bonds. The highest BCUT2D eigenvalue weighted by atomic mass is 16.4. The maximum atomic E-state index is 11.4. The maximum Gasteiger partial charge on any atom is 0.315 e. The molecule has 2 rings (SSSR count). The van der Waals surface area contributed by atoms with Gasteiger partial charge in [-0.2, -0.15) is 5.10 Å². The molecule has 1 aliphatic rings. The largest absolute Gasteiger partial charge is 0.481 e. The van der Waals surface area contributed by atoms with E-state index in [1.807, 2.05) is 0 Å². The average molecular weight is 253 g/mol. The second-order valence-electron chi connectivity index (χ2n) is 4.46. The van der Waals surface area contributed by atoms with E-state index < -0.39 is 17.4 Å². The molecule has 1 saturated carbocycles. The number of carboxylic acids is 1. The summed E-state index contributed by atoms with van der Waals surface area (Å²) in [6, 6.07) is -0.407. The Morgan fingerprint density at radius 3 is 2.72 bits per heavy atom. The quantitative estimate of drug-likeness (QED) is 0.654.